The van der Waals surface area contributed by atoms with Crippen molar-refractivity contribution >= 4 is 44.8 Å². The maximum absolute atomic E-state index is 13.6. The van der Waals surface area contributed by atoms with Gasteiger partial charge in [-0.25, -0.2) is 9.18 Å². The minimum atomic E-state index is -1.22. The van der Waals surface area contributed by atoms with Gasteiger partial charge in [-0.1, -0.05) is 0 Å². The average molecular weight is 344 g/mol. The number of anilines is 1. The van der Waals surface area contributed by atoms with E-state index in [1.54, 1.807) is 11.4 Å². The van der Waals surface area contributed by atoms with Gasteiger partial charge in [0.25, 0.3) is 5.91 Å². The molecule has 2 aromatic rings. The van der Waals surface area contributed by atoms with Crippen LogP contribution in [0, 0.1) is 5.82 Å². The first-order chi connectivity index (χ1) is 8.99. The van der Waals surface area contributed by atoms with E-state index in [0.29, 0.717) is 9.35 Å². The first-order valence-electron chi connectivity index (χ1n) is 5.06. The van der Waals surface area contributed by atoms with Crippen molar-refractivity contribution in [1.82, 2.24) is 0 Å². The number of carboxylic acid groups (broad SMARTS) is 1. The molecule has 2 rings (SSSR count). The van der Waals surface area contributed by atoms with E-state index in [0.717, 1.165) is 6.07 Å². The average Bonchev–Trinajstić information content (AvgIpc) is 2.77. The van der Waals surface area contributed by atoms with Crippen LogP contribution in [-0.4, -0.2) is 17.0 Å². The molecular formula is C12H7BrFNO3S. The van der Waals surface area contributed by atoms with E-state index in [1.807, 2.05) is 0 Å². The first-order valence-corrected chi connectivity index (χ1v) is 6.73. The second kappa shape index (κ2) is 5.50. The third kappa shape index (κ3) is 2.99. The van der Waals surface area contributed by atoms with Crippen molar-refractivity contribution in [3.05, 3.63) is 50.4 Å². The zero-order valence-corrected chi connectivity index (χ0v) is 11.7. The summed E-state index contributed by atoms with van der Waals surface area (Å²) in [5.74, 6) is -2.47. The number of rotatable bonds is 3. The third-order valence-corrected chi connectivity index (χ3v) is 4.12. The number of carboxylic acids is 1. The molecule has 19 heavy (non-hydrogen) atoms. The molecule has 0 aliphatic rings. The number of hydrogen-bond acceptors (Lipinski definition) is 3. The van der Waals surface area contributed by atoms with Gasteiger partial charge in [-0.05, 0) is 45.6 Å². The van der Waals surface area contributed by atoms with E-state index in [2.05, 4.69) is 21.2 Å². The predicted molar refractivity (Wildman–Crippen MR) is 73.3 cm³/mol. The predicted octanol–water partition coefficient (Wildman–Crippen LogP) is 3.60. The van der Waals surface area contributed by atoms with Crippen LogP contribution in [0.25, 0.3) is 0 Å². The van der Waals surface area contributed by atoms with Crippen LogP contribution in [0.2, 0.25) is 0 Å². The fourth-order valence-electron chi connectivity index (χ4n) is 1.38. The molecule has 1 amide bonds. The summed E-state index contributed by atoms with van der Waals surface area (Å²) in [6, 6.07) is 5.02. The molecule has 0 spiro atoms. The highest BCUT2D eigenvalue weighted by molar-refractivity contribution is 9.10. The lowest BCUT2D eigenvalue weighted by atomic mass is 10.2. The van der Waals surface area contributed by atoms with Gasteiger partial charge in [-0.2, -0.15) is 0 Å². The Kier molecular flexibility index (Phi) is 3.96. The van der Waals surface area contributed by atoms with Gasteiger partial charge in [-0.15, -0.1) is 11.3 Å². The number of carbonyl (C=O) groups is 2. The van der Waals surface area contributed by atoms with Gasteiger partial charge in [-0.3, -0.25) is 4.79 Å². The van der Waals surface area contributed by atoms with E-state index in [-0.39, 0.29) is 11.3 Å². The molecule has 1 aromatic heterocycles. The van der Waals surface area contributed by atoms with Crippen LogP contribution < -0.4 is 5.32 Å². The molecule has 0 radical (unpaired) electrons. The molecule has 98 valence electrons. The molecule has 0 aliphatic heterocycles. The Bertz CT molecular complexity index is 656. The van der Waals surface area contributed by atoms with Gasteiger partial charge >= 0.3 is 5.97 Å². The van der Waals surface area contributed by atoms with E-state index in [4.69, 9.17) is 5.11 Å². The van der Waals surface area contributed by atoms with Gasteiger partial charge in [0.15, 0.2) is 0 Å². The van der Waals surface area contributed by atoms with Gasteiger partial charge in [0.05, 0.1) is 11.3 Å². The summed E-state index contributed by atoms with van der Waals surface area (Å²) in [6.45, 7) is 0. The van der Waals surface area contributed by atoms with Gasteiger partial charge in [0.2, 0.25) is 0 Å². The summed E-state index contributed by atoms with van der Waals surface area (Å²) in [5, 5.41) is 12.8. The number of hydrogen-bond donors (Lipinski definition) is 2. The van der Waals surface area contributed by atoms with Crippen molar-refractivity contribution in [1.29, 1.82) is 0 Å². The Hall–Kier alpha value is -1.73. The Morgan fingerprint density at radius 2 is 2.05 bits per heavy atom. The van der Waals surface area contributed by atoms with Crippen molar-refractivity contribution in [3.63, 3.8) is 0 Å². The van der Waals surface area contributed by atoms with Gasteiger partial charge < -0.3 is 10.4 Å². The van der Waals surface area contributed by atoms with Crippen LogP contribution >= 0.6 is 27.3 Å². The van der Waals surface area contributed by atoms with Crippen LogP contribution in [-0.2, 0) is 0 Å². The van der Waals surface area contributed by atoms with Crippen molar-refractivity contribution < 1.29 is 19.1 Å². The molecule has 0 saturated carbocycles. The molecular weight excluding hydrogens is 337 g/mol. The minimum Gasteiger partial charge on any atom is -0.478 e. The summed E-state index contributed by atoms with van der Waals surface area (Å²) >= 11 is 4.42. The number of halogens is 2. The summed E-state index contributed by atoms with van der Waals surface area (Å²) in [7, 11) is 0. The normalized spacial score (nSPS) is 10.2. The largest absolute Gasteiger partial charge is 0.478 e. The number of carbonyl (C=O) groups excluding carboxylic acids is 1. The molecule has 2 N–H and O–H groups in total. The Labute approximate surface area is 120 Å². The first kappa shape index (κ1) is 13.7. The zero-order valence-electron chi connectivity index (χ0n) is 9.31. The highest BCUT2D eigenvalue weighted by Gasteiger charge is 2.15. The van der Waals surface area contributed by atoms with Crippen LogP contribution in [0.3, 0.4) is 0 Å². The van der Waals surface area contributed by atoms with Crippen molar-refractivity contribution in [2.24, 2.45) is 0 Å². The molecule has 0 saturated heterocycles. The minimum absolute atomic E-state index is 0.0599. The Morgan fingerprint density at radius 1 is 1.32 bits per heavy atom. The van der Waals surface area contributed by atoms with Gasteiger partial charge in [0.1, 0.15) is 10.7 Å². The van der Waals surface area contributed by atoms with E-state index in [1.165, 1.54) is 23.5 Å². The fourth-order valence-corrected chi connectivity index (χ4v) is 2.83. The number of thiophene rings is 1. The van der Waals surface area contributed by atoms with Crippen LogP contribution in [0.1, 0.15) is 20.0 Å². The SMILES string of the molecule is O=C(O)c1ccc(NC(=O)c2sccc2Br)c(F)c1. The molecule has 1 heterocycles. The highest BCUT2D eigenvalue weighted by Crippen LogP contribution is 2.24. The highest BCUT2D eigenvalue weighted by atomic mass is 79.9. The third-order valence-electron chi connectivity index (χ3n) is 2.29. The van der Waals surface area contributed by atoms with E-state index in [9.17, 15) is 14.0 Å². The lowest BCUT2D eigenvalue weighted by molar-refractivity contribution is 0.0696. The number of amides is 1. The lowest BCUT2D eigenvalue weighted by Gasteiger charge is -2.06. The van der Waals surface area contributed by atoms with Crippen molar-refractivity contribution in [3.8, 4) is 0 Å². The van der Waals surface area contributed by atoms with Crippen LogP contribution in [0.4, 0.5) is 10.1 Å². The standard InChI is InChI=1S/C12H7BrFNO3S/c13-7-3-4-19-10(7)11(16)15-9-2-1-6(12(17)18)5-8(9)14/h1-5H,(H,15,16)(H,17,18). The summed E-state index contributed by atoms with van der Waals surface area (Å²) in [5.41, 5.74) is -0.233. The maximum Gasteiger partial charge on any atom is 0.335 e. The zero-order chi connectivity index (χ0) is 14.0. The Morgan fingerprint density at radius 3 is 2.58 bits per heavy atom. The Balaban J connectivity index is 2.23. The molecule has 4 nitrogen and oxygen atoms in total. The molecule has 0 atom stereocenters. The van der Waals surface area contributed by atoms with Crippen molar-refractivity contribution in [2.75, 3.05) is 5.32 Å². The smallest absolute Gasteiger partial charge is 0.335 e. The lowest BCUT2D eigenvalue weighted by Crippen LogP contribution is -2.12. The molecule has 7 heteroatoms. The van der Waals surface area contributed by atoms with Crippen LogP contribution in [0.15, 0.2) is 34.1 Å². The van der Waals surface area contributed by atoms with Crippen molar-refractivity contribution in [2.45, 2.75) is 0 Å². The van der Waals surface area contributed by atoms with E-state index >= 15 is 0 Å². The van der Waals surface area contributed by atoms with Gasteiger partial charge in [0, 0.05) is 4.47 Å². The monoisotopic (exact) mass is 343 g/mol. The second-order valence-electron chi connectivity index (χ2n) is 3.55. The number of nitrogens with one attached hydrogen (secondary N) is 1. The maximum atomic E-state index is 13.6. The molecule has 0 bridgehead atoms. The molecule has 1 aromatic carbocycles. The second-order valence-corrected chi connectivity index (χ2v) is 5.32. The summed E-state index contributed by atoms with van der Waals surface area (Å²) in [4.78, 5) is 22.9. The van der Waals surface area contributed by atoms with Crippen LogP contribution in [0.5, 0.6) is 0 Å². The molecule has 0 aliphatic carbocycles. The number of benzene rings is 1. The number of aromatic carboxylic acids is 1. The molecule has 0 fully saturated rings. The molecule has 0 unspecified atom stereocenters. The quantitative estimate of drug-likeness (QED) is 0.894. The van der Waals surface area contributed by atoms with E-state index < -0.39 is 17.7 Å². The fraction of sp³-hybridized carbons (Fsp3) is 0. The summed E-state index contributed by atoms with van der Waals surface area (Å²) < 4.78 is 14.2. The topological polar surface area (TPSA) is 66.4 Å². The summed E-state index contributed by atoms with van der Waals surface area (Å²) in [6.07, 6.45) is 0.